The number of likely N-dealkylation sites (N-methyl/N-ethyl adjacent to an activating group) is 1. The molecule has 90 valence electrons. The van der Waals surface area contributed by atoms with Gasteiger partial charge in [-0.25, -0.2) is 0 Å². The standard InChI is InChI=1S/C13H28N2/c1-4-7-12(5-2)14-10-11-15(6-3)13-8-9-13/h12-14H,4-11H2,1-3H3. The van der Waals surface area contributed by atoms with E-state index in [9.17, 15) is 0 Å². The summed E-state index contributed by atoms with van der Waals surface area (Å²) >= 11 is 0. The second kappa shape index (κ2) is 7.24. The molecular weight excluding hydrogens is 184 g/mol. The van der Waals surface area contributed by atoms with Crippen molar-refractivity contribution in [1.29, 1.82) is 0 Å². The normalized spacial score (nSPS) is 18.4. The third-order valence-corrected chi connectivity index (χ3v) is 3.43. The summed E-state index contributed by atoms with van der Waals surface area (Å²) in [5, 5.41) is 3.68. The molecule has 0 bridgehead atoms. The van der Waals surface area contributed by atoms with Gasteiger partial charge in [-0.1, -0.05) is 27.2 Å². The van der Waals surface area contributed by atoms with Crippen molar-refractivity contribution in [2.24, 2.45) is 0 Å². The summed E-state index contributed by atoms with van der Waals surface area (Å²) in [5.74, 6) is 0. The Morgan fingerprint density at radius 3 is 2.47 bits per heavy atom. The van der Waals surface area contributed by atoms with E-state index in [0.29, 0.717) is 0 Å². The first kappa shape index (κ1) is 13.0. The SMILES string of the molecule is CCCC(CC)NCCN(CC)C1CC1. The largest absolute Gasteiger partial charge is 0.313 e. The Balaban J connectivity index is 2.07. The zero-order chi connectivity index (χ0) is 11.1. The van der Waals surface area contributed by atoms with Gasteiger partial charge in [-0.2, -0.15) is 0 Å². The Morgan fingerprint density at radius 1 is 1.27 bits per heavy atom. The Labute approximate surface area is 95.4 Å². The van der Waals surface area contributed by atoms with Crippen molar-refractivity contribution in [1.82, 2.24) is 10.2 Å². The van der Waals surface area contributed by atoms with Crippen molar-refractivity contribution in [2.75, 3.05) is 19.6 Å². The lowest BCUT2D eigenvalue weighted by molar-refractivity contribution is 0.270. The zero-order valence-electron chi connectivity index (χ0n) is 10.8. The van der Waals surface area contributed by atoms with Crippen LogP contribution in [0.5, 0.6) is 0 Å². The van der Waals surface area contributed by atoms with Crippen molar-refractivity contribution >= 4 is 0 Å². The van der Waals surface area contributed by atoms with Crippen molar-refractivity contribution in [3.05, 3.63) is 0 Å². The minimum atomic E-state index is 0.743. The van der Waals surface area contributed by atoms with Crippen LogP contribution in [0.2, 0.25) is 0 Å². The second-order valence-electron chi connectivity index (χ2n) is 4.71. The van der Waals surface area contributed by atoms with Crippen molar-refractivity contribution in [2.45, 2.75) is 65.0 Å². The van der Waals surface area contributed by atoms with E-state index in [1.54, 1.807) is 0 Å². The first-order valence-electron chi connectivity index (χ1n) is 6.79. The van der Waals surface area contributed by atoms with Crippen LogP contribution in [-0.2, 0) is 0 Å². The molecule has 0 aromatic carbocycles. The molecule has 1 N–H and O–H groups in total. The summed E-state index contributed by atoms with van der Waals surface area (Å²) in [6.07, 6.45) is 6.75. The minimum absolute atomic E-state index is 0.743. The number of nitrogens with one attached hydrogen (secondary N) is 1. The summed E-state index contributed by atoms with van der Waals surface area (Å²) in [5.41, 5.74) is 0. The molecule has 2 nitrogen and oxygen atoms in total. The maximum atomic E-state index is 3.68. The van der Waals surface area contributed by atoms with Gasteiger partial charge in [0.1, 0.15) is 0 Å². The lowest BCUT2D eigenvalue weighted by atomic mass is 10.1. The molecule has 2 heteroatoms. The Kier molecular flexibility index (Phi) is 6.26. The van der Waals surface area contributed by atoms with Gasteiger partial charge in [-0.05, 0) is 32.2 Å². The molecular formula is C13H28N2. The van der Waals surface area contributed by atoms with E-state index in [1.807, 2.05) is 0 Å². The Bertz CT molecular complexity index is 155. The van der Waals surface area contributed by atoms with E-state index in [1.165, 1.54) is 51.7 Å². The van der Waals surface area contributed by atoms with Gasteiger partial charge in [0.2, 0.25) is 0 Å². The second-order valence-corrected chi connectivity index (χ2v) is 4.71. The highest BCUT2D eigenvalue weighted by Gasteiger charge is 2.27. The summed E-state index contributed by atoms with van der Waals surface area (Å²) in [6.45, 7) is 10.5. The molecule has 1 aliphatic rings. The molecule has 1 atom stereocenters. The number of rotatable bonds is 9. The van der Waals surface area contributed by atoms with Crippen molar-refractivity contribution < 1.29 is 0 Å². The molecule has 0 amide bonds. The minimum Gasteiger partial charge on any atom is -0.313 e. The van der Waals surface area contributed by atoms with Crippen LogP contribution in [0.3, 0.4) is 0 Å². The van der Waals surface area contributed by atoms with Gasteiger partial charge >= 0.3 is 0 Å². The maximum Gasteiger partial charge on any atom is 0.0110 e. The molecule has 1 unspecified atom stereocenters. The smallest absolute Gasteiger partial charge is 0.0110 e. The molecule has 0 spiro atoms. The highest BCUT2D eigenvalue weighted by Crippen LogP contribution is 2.25. The van der Waals surface area contributed by atoms with E-state index < -0.39 is 0 Å². The number of hydrogen-bond donors (Lipinski definition) is 1. The van der Waals surface area contributed by atoms with Gasteiger partial charge in [0.05, 0.1) is 0 Å². The number of nitrogens with zero attached hydrogens (tertiary/aromatic N) is 1. The van der Waals surface area contributed by atoms with Gasteiger partial charge in [0.15, 0.2) is 0 Å². The average Bonchev–Trinajstić information content (AvgIpc) is 3.06. The van der Waals surface area contributed by atoms with Crippen LogP contribution in [0.25, 0.3) is 0 Å². The highest BCUT2D eigenvalue weighted by molar-refractivity contribution is 4.84. The van der Waals surface area contributed by atoms with E-state index in [0.717, 1.165) is 12.1 Å². The molecule has 0 aromatic rings. The highest BCUT2D eigenvalue weighted by atomic mass is 15.2. The van der Waals surface area contributed by atoms with Crippen LogP contribution in [0.1, 0.15) is 52.9 Å². The van der Waals surface area contributed by atoms with E-state index in [2.05, 4.69) is 31.0 Å². The lowest BCUT2D eigenvalue weighted by Gasteiger charge is -2.22. The molecule has 1 fully saturated rings. The maximum absolute atomic E-state index is 3.68. The van der Waals surface area contributed by atoms with Gasteiger partial charge in [-0.15, -0.1) is 0 Å². The summed E-state index contributed by atoms with van der Waals surface area (Å²) in [6, 6.07) is 1.66. The van der Waals surface area contributed by atoms with Gasteiger partial charge in [0, 0.05) is 25.2 Å². The van der Waals surface area contributed by atoms with E-state index >= 15 is 0 Å². The predicted molar refractivity (Wildman–Crippen MR) is 67.3 cm³/mol. The molecule has 0 saturated heterocycles. The molecule has 0 aliphatic heterocycles. The molecule has 1 rings (SSSR count). The van der Waals surface area contributed by atoms with Crippen LogP contribution in [0.4, 0.5) is 0 Å². The van der Waals surface area contributed by atoms with Crippen molar-refractivity contribution in [3.8, 4) is 0 Å². The summed E-state index contributed by atoms with van der Waals surface area (Å²) in [4.78, 5) is 2.62. The molecule has 15 heavy (non-hydrogen) atoms. The van der Waals surface area contributed by atoms with E-state index in [4.69, 9.17) is 0 Å². The molecule has 0 aromatic heterocycles. The van der Waals surface area contributed by atoms with Crippen LogP contribution >= 0.6 is 0 Å². The van der Waals surface area contributed by atoms with E-state index in [-0.39, 0.29) is 0 Å². The third-order valence-electron chi connectivity index (χ3n) is 3.43. The summed E-state index contributed by atoms with van der Waals surface area (Å²) in [7, 11) is 0. The monoisotopic (exact) mass is 212 g/mol. The first-order chi connectivity index (χ1) is 7.31. The topological polar surface area (TPSA) is 15.3 Å². The van der Waals surface area contributed by atoms with Crippen LogP contribution < -0.4 is 5.32 Å². The Hall–Kier alpha value is -0.0800. The Morgan fingerprint density at radius 2 is 2.00 bits per heavy atom. The van der Waals surface area contributed by atoms with Crippen LogP contribution in [0.15, 0.2) is 0 Å². The van der Waals surface area contributed by atoms with Crippen molar-refractivity contribution in [3.63, 3.8) is 0 Å². The lowest BCUT2D eigenvalue weighted by Crippen LogP contribution is -2.37. The van der Waals surface area contributed by atoms with Gasteiger partial charge < -0.3 is 5.32 Å². The molecule has 0 heterocycles. The zero-order valence-corrected chi connectivity index (χ0v) is 10.8. The predicted octanol–water partition coefficient (Wildman–Crippen LogP) is 2.64. The number of hydrogen-bond acceptors (Lipinski definition) is 2. The summed E-state index contributed by atoms with van der Waals surface area (Å²) < 4.78 is 0. The molecule has 0 radical (unpaired) electrons. The average molecular weight is 212 g/mol. The fourth-order valence-electron chi connectivity index (χ4n) is 2.25. The van der Waals surface area contributed by atoms with Gasteiger partial charge in [-0.3, -0.25) is 4.90 Å². The quantitative estimate of drug-likeness (QED) is 0.632. The fourth-order valence-corrected chi connectivity index (χ4v) is 2.25. The van der Waals surface area contributed by atoms with Crippen LogP contribution in [0, 0.1) is 0 Å². The fraction of sp³-hybridized carbons (Fsp3) is 1.00. The van der Waals surface area contributed by atoms with Gasteiger partial charge in [0.25, 0.3) is 0 Å². The van der Waals surface area contributed by atoms with Crippen LogP contribution in [-0.4, -0.2) is 36.6 Å². The first-order valence-corrected chi connectivity index (χ1v) is 6.79. The third kappa shape index (κ3) is 4.98. The molecule has 1 aliphatic carbocycles. The molecule has 1 saturated carbocycles.